The molecule has 6 heteroatoms. The van der Waals surface area contributed by atoms with Crippen molar-refractivity contribution in [3.8, 4) is 11.3 Å². The van der Waals surface area contributed by atoms with Crippen molar-refractivity contribution in [1.29, 1.82) is 0 Å². The molecule has 0 spiro atoms. The first-order chi connectivity index (χ1) is 8.41. The van der Waals surface area contributed by atoms with Gasteiger partial charge >= 0.3 is 6.18 Å². The van der Waals surface area contributed by atoms with Gasteiger partial charge in [0.2, 0.25) is 6.29 Å². The van der Waals surface area contributed by atoms with Gasteiger partial charge in [0.05, 0.1) is 5.56 Å². The lowest BCUT2D eigenvalue weighted by atomic mass is 10.1. The highest BCUT2D eigenvalue weighted by Crippen LogP contribution is 2.31. The monoisotopic (exact) mass is 255 g/mol. The first-order valence-corrected chi connectivity index (χ1v) is 5.02. The summed E-state index contributed by atoms with van der Waals surface area (Å²) in [6.07, 6.45) is -3.92. The highest BCUT2D eigenvalue weighted by Gasteiger charge is 2.30. The summed E-state index contributed by atoms with van der Waals surface area (Å²) in [6.45, 7) is 1.59. The van der Waals surface area contributed by atoms with E-state index in [2.05, 4.69) is 4.98 Å². The van der Waals surface area contributed by atoms with Crippen LogP contribution in [0.2, 0.25) is 0 Å². The van der Waals surface area contributed by atoms with Crippen LogP contribution in [0.5, 0.6) is 0 Å². The summed E-state index contributed by atoms with van der Waals surface area (Å²) in [7, 11) is 0. The number of aryl methyl sites for hydroxylation is 1. The maximum absolute atomic E-state index is 12.4. The van der Waals surface area contributed by atoms with Crippen molar-refractivity contribution in [2.75, 3.05) is 0 Å². The molecule has 94 valence electrons. The lowest BCUT2D eigenvalue weighted by molar-refractivity contribution is -0.137. The summed E-state index contributed by atoms with van der Waals surface area (Å²) in [5.74, 6) is 0.291. The quantitative estimate of drug-likeness (QED) is 0.771. The van der Waals surface area contributed by atoms with Crippen LogP contribution >= 0.6 is 0 Å². The fraction of sp³-hybridized carbons (Fsp3) is 0.167. The van der Waals surface area contributed by atoms with Gasteiger partial charge < -0.3 is 4.42 Å². The highest BCUT2D eigenvalue weighted by atomic mass is 19.4. The molecule has 0 amide bonds. The molecular formula is C12H8F3NO2. The van der Waals surface area contributed by atoms with E-state index in [0.717, 1.165) is 12.1 Å². The highest BCUT2D eigenvalue weighted by molar-refractivity contribution is 5.71. The molecule has 0 unspecified atom stereocenters. The maximum atomic E-state index is 12.4. The number of halogens is 3. The molecule has 0 N–H and O–H groups in total. The van der Waals surface area contributed by atoms with Gasteiger partial charge in [0.15, 0.2) is 0 Å². The second-order valence-electron chi connectivity index (χ2n) is 3.65. The van der Waals surface area contributed by atoms with Crippen molar-refractivity contribution in [3.63, 3.8) is 0 Å². The average molecular weight is 255 g/mol. The predicted octanol–water partition coefficient (Wildman–Crippen LogP) is 3.48. The van der Waals surface area contributed by atoms with Crippen LogP contribution in [0.15, 0.2) is 28.7 Å². The predicted molar refractivity (Wildman–Crippen MR) is 57.1 cm³/mol. The number of carbonyl (C=O) groups is 1. The van der Waals surface area contributed by atoms with E-state index in [1.54, 1.807) is 6.92 Å². The number of benzene rings is 1. The number of aldehydes is 1. The molecule has 2 aromatic rings. The smallest absolute Gasteiger partial charge is 0.416 e. The maximum Gasteiger partial charge on any atom is 0.416 e. The van der Waals surface area contributed by atoms with Crippen LogP contribution in [0.1, 0.15) is 22.0 Å². The molecule has 0 fully saturated rings. The number of nitrogens with zero attached hydrogens (tertiary/aromatic N) is 1. The minimum absolute atomic E-state index is 0.0950. The van der Waals surface area contributed by atoms with Crippen LogP contribution in [0.25, 0.3) is 11.3 Å². The van der Waals surface area contributed by atoms with Gasteiger partial charge in [-0.2, -0.15) is 13.2 Å². The Kier molecular flexibility index (Phi) is 2.94. The van der Waals surface area contributed by atoms with Gasteiger partial charge in [-0.1, -0.05) is 12.1 Å². The molecule has 0 bridgehead atoms. The Morgan fingerprint density at radius 1 is 1.22 bits per heavy atom. The van der Waals surface area contributed by atoms with E-state index >= 15 is 0 Å². The lowest BCUT2D eigenvalue weighted by Gasteiger charge is -2.06. The van der Waals surface area contributed by atoms with Crippen LogP contribution in [0.4, 0.5) is 13.2 Å². The number of hydrogen-bond acceptors (Lipinski definition) is 3. The summed E-state index contributed by atoms with van der Waals surface area (Å²) in [5.41, 5.74) is 0.103. The first-order valence-electron chi connectivity index (χ1n) is 5.02. The molecule has 0 saturated heterocycles. The van der Waals surface area contributed by atoms with E-state index < -0.39 is 11.7 Å². The van der Waals surface area contributed by atoms with Crippen molar-refractivity contribution < 1.29 is 22.4 Å². The van der Waals surface area contributed by atoms with Gasteiger partial charge in [0, 0.05) is 5.56 Å². The van der Waals surface area contributed by atoms with Crippen LogP contribution in [-0.4, -0.2) is 11.3 Å². The minimum Gasteiger partial charge on any atom is -0.439 e. The van der Waals surface area contributed by atoms with Crippen molar-refractivity contribution in [3.05, 3.63) is 41.5 Å². The Morgan fingerprint density at radius 2 is 1.83 bits per heavy atom. The Balaban J connectivity index is 2.40. The number of alkyl halides is 3. The molecular weight excluding hydrogens is 247 g/mol. The fourth-order valence-electron chi connectivity index (χ4n) is 1.55. The number of oxazole rings is 1. The van der Waals surface area contributed by atoms with E-state index in [1.165, 1.54) is 12.1 Å². The first kappa shape index (κ1) is 12.3. The van der Waals surface area contributed by atoms with Crippen molar-refractivity contribution in [2.24, 2.45) is 0 Å². The fourth-order valence-corrected chi connectivity index (χ4v) is 1.55. The number of hydrogen-bond donors (Lipinski definition) is 0. The minimum atomic E-state index is -4.37. The molecule has 0 atom stereocenters. The molecule has 3 nitrogen and oxygen atoms in total. The van der Waals surface area contributed by atoms with Gasteiger partial charge in [-0.05, 0) is 19.1 Å². The van der Waals surface area contributed by atoms with E-state index in [1.807, 2.05) is 0 Å². The van der Waals surface area contributed by atoms with E-state index in [-0.39, 0.29) is 5.89 Å². The van der Waals surface area contributed by atoms with Gasteiger partial charge in [0.1, 0.15) is 11.5 Å². The third kappa shape index (κ3) is 2.27. The molecule has 18 heavy (non-hydrogen) atoms. The van der Waals surface area contributed by atoms with Gasteiger partial charge in [0.25, 0.3) is 5.89 Å². The zero-order chi connectivity index (χ0) is 13.3. The number of aromatic nitrogens is 1. The molecule has 0 saturated carbocycles. The molecule has 1 aromatic heterocycles. The second-order valence-corrected chi connectivity index (χ2v) is 3.65. The van der Waals surface area contributed by atoms with Crippen LogP contribution in [0, 0.1) is 6.92 Å². The lowest BCUT2D eigenvalue weighted by Crippen LogP contribution is -2.04. The van der Waals surface area contributed by atoms with Crippen LogP contribution < -0.4 is 0 Å². The molecule has 1 aromatic carbocycles. The average Bonchev–Trinajstić information content (AvgIpc) is 2.70. The Bertz CT molecular complexity index is 570. The molecule has 0 aliphatic heterocycles. The van der Waals surface area contributed by atoms with E-state index in [9.17, 15) is 18.0 Å². The molecule has 0 aliphatic rings. The molecule has 1 heterocycles. The normalized spacial score (nSPS) is 11.6. The summed E-state index contributed by atoms with van der Waals surface area (Å²) in [4.78, 5) is 14.4. The van der Waals surface area contributed by atoms with Crippen molar-refractivity contribution >= 4 is 6.29 Å². The van der Waals surface area contributed by atoms with Crippen LogP contribution in [0.3, 0.4) is 0 Å². The molecule has 0 radical (unpaired) electrons. The van der Waals surface area contributed by atoms with E-state index in [0.29, 0.717) is 23.3 Å². The number of rotatable bonds is 2. The van der Waals surface area contributed by atoms with Crippen LogP contribution in [-0.2, 0) is 6.18 Å². The zero-order valence-corrected chi connectivity index (χ0v) is 9.28. The summed E-state index contributed by atoms with van der Waals surface area (Å²) < 4.78 is 42.2. The standard InChI is InChI=1S/C12H8F3NO2/c1-7-11(16-10(6-17)18-7)8-2-4-9(5-3-8)12(13,14)15/h2-6H,1H3. The second kappa shape index (κ2) is 4.29. The van der Waals surface area contributed by atoms with Gasteiger partial charge in [-0.3, -0.25) is 4.79 Å². The van der Waals surface area contributed by atoms with Crippen molar-refractivity contribution in [2.45, 2.75) is 13.1 Å². The number of carbonyl (C=O) groups excluding carboxylic acids is 1. The third-order valence-corrected chi connectivity index (χ3v) is 2.40. The Hall–Kier alpha value is -2.11. The van der Waals surface area contributed by atoms with E-state index in [4.69, 9.17) is 4.42 Å². The summed E-state index contributed by atoms with van der Waals surface area (Å²) in [6, 6.07) is 4.51. The molecule has 2 rings (SSSR count). The molecule has 0 aliphatic carbocycles. The Morgan fingerprint density at radius 3 is 2.28 bits per heavy atom. The zero-order valence-electron chi connectivity index (χ0n) is 9.28. The van der Waals surface area contributed by atoms with Crippen molar-refractivity contribution in [1.82, 2.24) is 4.98 Å². The summed E-state index contributed by atoms with van der Waals surface area (Å²) >= 11 is 0. The Labute approximate surface area is 100 Å². The SMILES string of the molecule is Cc1oc(C=O)nc1-c1ccc(C(F)(F)F)cc1. The summed E-state index contributed by atoms with van der Waals surface area (Å²) in [5, 5.41) is 0. The largest absolute Gasteiger partial charge is 0.439 e. The van der Waals surface area contributed by atoms with Gasteiger partial charge in [-0.15, -0.1) is 0 Å². The topological polar surface area (TPSA) is 43.1 Å². The third-order valence-electron chi connectivity index (χ3n) is 2.40. The van der Waals surface area contributed by atoms with Gasteiger partial charge in [-0.25, -0.2) is 4.98 Å².